The molecule has 0 aliphatic heterocycles. The number of anilines is 1. The molecule has 0 unspecified atom stereocenters. The van der Waals surface area contributed by atoms with Gasteiger partial charge in [0.15, 0.2) is 5.96 Å². The Morgan fingerprint density at radius 3 is 2.77 bits per heavy atom. The highest BCUT2D eigenvalue weighted by molar-refractivity contribution is 5.92. The molecule has 0 saturated heterocycles. The normalized spacial score (nSPS) is 17.5. The first-order valence-electron chi connectivity index (χ1n) is 7.87. The predicted octanol–water partition coefficient (Wildman–Crippen LogP) is 3.02. The number of hydrogen-bond acceptors (Lipinski definition) is 3. The van der Waals surface area contributed by atoms with Gasteiger partial charge in [-0.15, -0.1) is 0 Å². The molecule has 2 rings (SSSR count). The second-order valence-corrected chi connectivity index (χ2v) is 6.01. The predicted molar refractivity (Wildman–Crippen MR) is 90.5 cm³/mol. The van der Waals surface area contributed by atoms with Crippen LogP contribution in [0.3, 0.4) is 0 Å². The monoisotopic (exact) mass is 305 g/mol. The molecule has 1 aromatic carbocycles. The molecular weight excluding hydrogens is 278 g/mol. The van der Waals surface area contributed by atoms with Gasteiger partial charge in [-0.3, -0.25) is 4.99 Å². The van der Waals surface area contributed by atoms with E-state index < -0.39 is 0 Å². The van der Waals surface area contributed by atoms with Gasteiger partial charge in [0.25, 0.3) is 0 Å². The molecule has 1 saturated carbocycles. The van der Waals surface area contributed by atoms with Crippen LogP contribution in [-0.2, 0) is 4.74 Å². The molecule has 1 aromatic rings. The highest BCUT2D eigenvalue weighted by Crippen LogP contribution is 2.41. The zero-order valence-electron chi connectivity index (χ0n) is 13.6. The Bertz CT molecular complexity index is 496. The summed E-state index contributed by atoms with van der Waals surface area (Å²) in [7, 11) is 3.40. The fourth-order valence-corrected chi connectivity index (χ4v) is 3.07. The summed E-state index contributed by atoms with van der Waals surface area (Å²) in [4.78, 5) is 4.57. The molecule has 22 heavy (non-hydrogen) atoms. The zero-order valence-corrected chi connectivity index (χ0v) is 13.6. The van der Waals surface area contributed by atoms with Crippen LogP contribution in [0.15, 0.2) is 29.3 Å². The van der Waals surface area contributed by atoms with Gasteiger partial charge in [0.1, 0.15) is 5.75 Å². The van der Waals surface area contributed by atoms with Crippen molar-refractivity contribution in [1.82, 2.24) is 0 Å². The van der Waals surface area contributed by atoms with Gasteiger partial charge >= 0.3 is 0 Å². The Kier molecular flexibility index (Phi) is 6.07. The van der Waals surface area contributed by atoms with Crippen LogP contribution in [0.2, 0.25) is 0 Å². The van der Waals surface area contributed by atoms with E-state index in [1.807, 2.05) is 24.3 Å². The van der Waals surface area contributed by atoms with Gasteiger partial charge in [-0.05, 0) is 36.8 Å². The summed E-state index contributed by atoms with van der Waals surface area (Å²) in [6.45, 7) is 1.55. The lowest BCUT2D eigenvalue weighted by Gasteiger charge is -2.26. The Morgan fingerprint density at radius 2 is 2.09 bits per heavy atom. The lowest BCUT2D eigenvalue weighted by molar-refractivity contribution is 0.141. The van der Waals surface area contributed by atoms with Crippen molar-refractivity contribution in [1.29, 1.82) is 0 Å². The van der Waals surface area contributed by atoms with Crippen LogP contribution in [0.5, 0.6) is 5.75 Å². The molecular formula is C17H27N3O2. The SMILES string of the molecule is COCCC1(CN=C(N)Nc2cccc(OC)c2)CCCC1. The van der Waals surface area contributed by atoms with Crippen molar-refractivity contribution < 1.29 is 9.47 Å². The molecule has 0 radical (unpaired) electrons. The highest BCUT2D eigenvalue weighted by Gasteiger charge is 2.33. The molecule has 0 bridgehead atoms. The number of nitrogens with zero attached hydrogens (tertiary/aromatic N) is 1. The van der Waals surface area contributed by atoms with Gasteiger partial charge in [0.05, 0.1) is 7.11 Å². The van der Waals surface area contributed by atoms with E-state index >= 15 is 0 Å². The summed E-state index contributed by atoms with van der Waals surface area (Å²) in [6, 6.07) is 7.67. The van der Waals surface area contributed by atoms with Crippen LogP contribution >= 0.6 is 0 Å². The van der Waals surface area contributed by atoms with Crippen LogP contribution in [-0.4, -0.2) is 33.3 Å². The standard InChI is InChI=1S/C17H27N3O2/c1-21-11-10-17(8-3-4-9-17)13-19-16(18)20-14-6-5-7-15(12-14)22-2/h5-7,12H,3-4,8-11,13H2,1-2H3,(H3,18,19,20). The maximum absolute atomic E-state index is 6.03. The van der Waals surface area contributed by atoms with E-state index in [-0.39, 0.29) is 5.41 Å². The molecule has 0 heterocycles. The molecule has 0 aromatic heterocycles. The van der Waals surface area contributed by atoms with Crippen LogP contribution < -0.4 is 15.8 Å². The Hall–Kier alpha value is -1.75. The molecule has 5 heteroatoms. The molecule has 122 valence electrons. The molecule has 0 spiro atoms. The third-order valence-electron chi connectivity index (χ3n) is 4.43. The summed E-state index contributed by atoms with van der Waals surface area (Å²) in [5.74, 6) is 1.25. The number of nitrogens with one attached hydrogen (secondary N) is 1. The molecule has 5 nitrogen and oxygen atoms in total. The summed E-state index contributed by atoms with van der Waals surface area (Å²) >= 11 is 0. The van der Waals surface area contributed by atoms with Crippen molar-refractivity contribution in [3.05, 3.63) is 24.3 Å². The van der Waals surface area contributed by atoms with Gasteiger partial charge in [-0.2, -0.15) is 0 Å². The number of hydrogen-bond donors (Lipinski definition) is 2. The van der Waals surface area contributed by atoms with E-state index in [1.165, 1.54) is 25.7 Å². The molecule has 0 atom stereocenters. The third kappa shape index (κ3) is 4.63. The van der Waals surface area contributed by atoms with E-state index in [2.05, 4.69) is 10.3 Å². The number of aliphatic imine (C=N–C) groups is 1. The average Bonchev–Trinajstić information content (AvgIpc) is 3.00. The molecule has 1 aliphatic rings. The van der Waals surface area contributed by atoms with Crippen LogP contribution in [0.4, 0.5) is 5.69 Å². The topological polar surface area (TPSA) is 68.9 Å². The van der Waals surface area contributed by atoms with Gasteiger partial charge in [-0.25, -0.2) is 0 Å². The first kappa shape index (κ1) is 16.6. The minimum atomic E-state index is 0.261. The maximum Gasteiger partial charge on any atom is 0.193 e. The van der Waals surface area contributed by atoms with Crippen LogP contribution in [0.1, 0.15) is 32.1 Å². The summed E-state index contributed by atoms with van der Waals surface area (Å²) in [5.41, 5.74) is 7.18. The average molecular weight is 305 g/mol. The van der Waals surface area contributed by atoms with Crippen molar-refractivity contribution in [3.63, 3.8) is 0 Å². The fraction of sp³-hybridized carbons (Fsp3) is 0.588. The van der Waals surface area contributed by atoms with Crippen molar-refractivity contribution in [2.45, 2.75) is 32.1 Å². The number of ether oxygens (including phenoxy) is 2. The number of guanidine groups is 1. The largest absolute Gasteiger partial charge is 0.497 e. The van der Waals surface area contributed by atoms with Crippen molar-refractivity contribution >= 4 is 11.6 Å². The fourth-order valence-electron chi connectivity index (χ4n) is 3.07. The highest BCUT2D eigenvalue weighted by atomic mass is 16.5. The number of nitrogens with two attached hydrogens (primary N) is 1. The molecule has 1 aliphatic carbocycles. The molecule has 0 amide bonds. The quantitative estimate of drug-likeness (QED) is 0.600. The third-order valence-corrected chi connectivity index (χ3v) is 4.43. The minimum Gasteiger partial charge on any atom is -0.497 e. The summed E-state index contributed by atoms with van der Waals surface area (Å²) in [6.07, 6.45) is 6.04. The van der Waals surface area contributed by atoms with Crippen LogP contribution in [0.25, 0.3) is 0 Å². The zero-order chi connectivity index (χ0) is 15.8. The first-order valence-corrected chi connectivity index (χ1v) is 7.87. The van der Waals surface area contributed by atoms with Crippen molar-refractivity contribution in [2.75, 3.05) is 32.7 Å². The van der Waals surface area contributed by atoms with Crippen LogP contribution in [0, 0.1) is 5.41 Å². The number of methoxy groups -OCH3 is 2. The summed E-state index contributed by atoms with van der Waals surface area (Å²) < 4.78 is 10.5. The minimum absolute atomic E-state index is 0.261. The smallest absolute Gasteiger partial charge is 0.193 e. The second kappa shape index (κ2) is 8.03. The first-order chi connectivity index (χ1) is 10.7. The lowest BCUT2D eigenvalue weighted by atomic mass is 9.83. The lowest BCUT2D eigenvalue weighted by Crippen LogP contribution is -2.28. The second-order valence-electron chi connectivity index (χ2n) is 6.01. The molecule has 1 fully saturated rings. The Morgan fingerprint density at radius 1 is 1.32 bits per heavy atom. The maximum atomic E-state index is 6.03. The summed E-state index contributed by atoms with van der Waals surface area (Å²) in [5, 5.41) is 3.13. The van der Waals surface area contributed by atoms with Crippen molar-refractivity contribution in [3.8, 4) is 5.75 Å². The van der Waals surface area contributed by atoms with E-state index in [1.54, 1.807) is 14.2 Å². The van der Waals surface area contributed by atoms with E-state index in [0.29, 0.717) is 5.96 Å². The van der Waals surface area contributed by atoms with Gasteiger partial charge in [0, 0.05) is 32.0 Å². The Labute approximate surface area is 132 Å². The van der Waals surface area contributed by atoms with Gasteiger partial charge in [0.2, 0.25) is 0 Å². The van der Waals surface area contributed by atoms with E-state index in [9.17, 15) is 0 Å². The van der Waals surface area contributed by atoms with Gasteiger partial charge < -0.3 is 20.5 Å². The van der Waals surface area contributed by atoms with E-state index in [0.717, 1.165) is 31.0 Å². The number of benzene rings is 1. The Balaban J connectivity index is 1.95. The van der Waals surface area contributed by atoms with Crippen molar-refractivity contribution in [2.24, 2.45) is 16.1 Å². The van der Waals surface area contributed by atoms with E-state index in [4.69, 9.17) is 15.2 Å². The molecule has 3 N–H and O–H groups in total. The number of rotatable bonds is 7. The van der Waals surface area contributed by atoms with Gasteiger partial charge in [-0.1, -0.05) is 18.9 Å².